The summed E-state index contributed by atoms with van der Waals surface area (Å²) in [5.41, 5.74) is -1.74. The first kappa shape index (κ1) is 15.4. The van der Waals surface area contributed by atoms with E-state index in [4.69, 9.17) is 5.26 Å². The van der Waals surface area contributed by atoms with Crippen molar-refractivity contribution in [3.8, 4) is 6.07 Å². The Morgan fingerprint density at radius 2 is 1.86 bits per heavy atom. The first-order valence-electron chi connectivity index (χ1n) is 6.64. The minimum Gasteiger partial charge on any atom is -0.339 e. The van der Waals surface area contributed by atoms with Crippen molar-refractivity contribution < 1.29 is 18.0 Å². The Labute approximate surface area is 121 Å². The third-order valence-corrected chi connectivity index (χ3v) is 3.89. The summed E-state index contributed by atoms with van der Waals surface area (Å²) in [4.78, 5) is 13.7. The van der Waals surface area contributed by atoms with Gasteiger partial charge >= 0.3 is 6.18 Å². The molecule has 0 radical (unpaired) electrons. The van der Waals surface area contributed by atoms with Crippen LogP contribution in [0.1, 0.15) is 35.7 Å². The van der Waals surface area contributed by atoms with Gasteiger partial charge in [0.15, 0.2) is 0 Å². The summed E-state index contributed by atoms with van der Waals surface area (Å²) >= 11 is 0. The number of carbonyl (C=O) groups is 1. The van der Waals surface area contributed by atoms with Gasteiger partial charge in [-0.25, -0.2) is 0 Å². The standard InChI is InChI=1S/C15H15F3N2O/c1-14(10-19)6-8-20(9-7-14)13(21)11-4-2-3-5-12(11)15(16,17)18/h2-5H,6-9H2,1H3. The molecule has 0 aliphatic carbocycles. The molecule has 1 saturated heterocycles. The fraction of sp³-hybridized carbons (Fsp3) is 0.467. The van der Waals surface area contributed by atoms with E-state index in [0.29, 0.717) is 25.9 Å². The van der Waals surface area contributed by atoms with E-state index in [9.17, 15) is 18.0 Å². The largest absolute Gasteiger partial charge is 0.417 e. The average Bonchev–Trinajstić information content (AvgIpc) is 2.46. The van der Waals surface area contributed by atoms with Gasteiger partial charge in [-0.15, -0.1) is 0 Å². The smallest absolute Gasteiger partial charge is 0.339 e. The lowest BCUT2D eigenvalue weighted by Crippen LogP contribution is -2.42. The second kappa shape index (κ2) is 5.40. The molecule has 1 amide bonds. The normalized spacial score (nSPS) is 18.1. The van der Waals surface area contributed by atoms with E-state index in [1.54, 1.807) is 6.92 Å². The lowest BCUT2D eigenvalue weighted by atomic mass is 9.82. The Bertz CT molecular complexity index is 581. The highest BCUT2D eigenvalue weighted by atomic mass is 19.4. The zero-order valence-corrected chi connectivity index (χ0v) is 11.6. The van der Waals surface area contributed by atoms with E-state index >= 15 is 0 Å². The molecule has 0 unspecified atom stereocenters. The molecule has 1 heterocycles. The molecule has 0 aromatic heterocycles. The van der Waals surface area contributed by atoms with Crippen molar-refractivity contribution in [2.24, 2.45) is 5.41 Å². The second-order valence-electron chi connectivity index (χ2n) is 5.51. The van der Waals surface area contributed by atoms with Crippen LogP contribution in [0.15, 0.2) is 24.3 Å². The van der Waals surface area contributed by atoms with Gasteiger partial charge in [-0.3, -0.25) is 4.79 Å². The number of hydrogen-bond donors (Lipinski definition) is 0. The van der Waals surface area contributed by atoms with E-state index in [-0.39, 0.29) is 5.56 Å². The van der Waals surface area contributed by atoms with E-state index < -0.39 is 23.1 Å². The molecular weight excluding hydrogens is 281 g/mol. The van der Waals surface area contributed by atoms with Crippen LogP contribution in [0.4, 0.5) is 13.2 Å². The van der Waals surface area contributed by atoms with Gasteiger partial charge in [0.2, 0.25) is 0 Å². The van der Waals surface area contributed by atoms with Gasteiger partial charge in [0.25, 0.3) is 5.91 Å². The molecule has 0 bridgehead atoms. The van der Waals surface area contributed by atoms with Crippen LogP contribution in [0.2, 0.25) is 0 Å². The zero-order chi connectivity index (χ0) is 15.7. The Morgan fingerprint density at radius 1 is 1.29 bits per heavy atom. The predicted octanol–water partition coefficient (Wildman–Crippen LogP) is 3.47. The third kappa shape index (κ3) is 3.18. The van der Waals surface area contributed by atoms with Crippen LogP contribution in [0.5, 0.6) is 0 Å². The summed E-state index contributed by atoms with van der Waals surface area (Å²) in [5, 5.41) is 9.04. The van der Waals surface area contributed by atoms with Crippen LogP contribution >= 0.6 is 0 Å². The van der Waals surface area contributed by atoms with E-state index in [2.05, 4.69) is 6.07 Å². The van der Waals surface area contributed by atoms with Gasteiger partial charge in [0.1, 0.15) is 0 Å². The molecule has 2 rings (SSSR count). The molecule has 3 nitrogen and oxygen atoms in total. The van der Waals surface area contributed by atoms with E-state index in [1.165, 1.54) is 23.1 Å². The fourth-order valence-corrected chi connectivity index (χ4v) is 2.40. The number of nitriles is 1. The summed E-state index contributed by atoms with van der Waals surface area (Å²) in [6.07, 6.45) is -3.60. The van der Waals surface area contributed by atoms with Crippen LogP contribution in [0.3, 0.4) is 0 Å². The number of halogens is 3. The first-order valence-corrected chi connectivity index (χ1v) is 6.64. The summed E-state index contributed by atoms with van der Waals surface area (Å²) in [5.74, 6) is -0.622. The molecule has 1 aromatic carbocycles. The summed E-state index contributed by atoms with van der Waals surface area (Å²) < 4.78 is 38.8. The van der Waals surface area contributed by atoms with Crippen LogP contribution < -0.4 is 0 Å². The lowest BCUT2D eigenvalue weighted by Gasteiger charge is -2.35. The van der Waals surface area contributed by atoms with Crippen LogP contribution in [-0.2, 0) is 6.18 Å². The minimum absolute atomic E-state index is 0.301. The second-order valence-corrected chi connectivity index (χ2v) is 5.51. The monoisotopic (exact) mass is 296 g/mol. The number of amides is 1. The molecule has 1 aliphatic rings. The highest BCUT2D eigenvalue weighted by molar-refractivity contribution is 5.96. The SMILES string of the molecule is CC1(C#N)CCN(C(=O)c2ccccc2C(F)(F)F)CC1. The van der Waals surface area contributed by atoms with Crippen molar-refractivity contribution in [3.05, 3.63) is 35.4 Å². The number of carbonyl (C=O) groups excluding carboxylic acids is 1. The maximum Gasteiger partial charge on any atom is 0.417 e. The molecule has 0 atom stereocenters. The predicted molar refractivity (Wildman–Crippen MR) is 70.3 cm³/mol. The number of likely N-dealkylation sites (tertiary alicyclic amines) is 1. The molecule has 0 N–H and O–H groups in total. The van der Waals surface area contributed by atoms with Gasteiger partial charge in [-0.1, -0.05) is 12.1 Å². The highest BCUT2D eigenvalue weighted by Crippen LogP contribution is 2.34. The van der Waals surface area contributed by atoms with Crippen molar-refractivity contribution >= 4 is 5.91 Å². The van der Waals surface area contributed by atoms with Crippen molar-refractivity contribution in [1.29, 1.82) is 5.26 Å². The molecule has 21 heavy (non-hydrogen) atoms. The summed E-state index contributed by atoms with van der Waals surface area (Å²) in [6.45, 7) is 2.41. The molecule has 112 valence electrons. The third-order valence-electron chi connectivity index (χ3n) is 3.89. The minimum atomic E-state index is -4.55. The molecule has 1 aliphatic heterocycles. The summed E-state index contributed by atoms with van der Waals surface area (Å²) in [6, 6.07) is 7.00. The van der Waals surface area contributed by atoms with Gasteiger partial charge in [0, 0.05) is 13.1 Å². The topological polar surface area (TPSA) is 44.1 Å². The zero-order valence-electron chi connectivity index (χ0n) is 11.6. The van der Waals surface area contributed by atoms with E-state index in [1.807, 2.05) is 0 Å². The highest BCUT2D eigenvalue weighted by Gasteiger charge is 2.37. The van der Waals surface area contributed by atoms with E-state index in [0.717, 1.165) is 6.07 Å². The summed E-state index contributed by atoms with van der Waals surface area (Å²) in [7, 11) is 0. The number of alkyl halides is 3. The first-order chi connectivity index (χ1) is 9.77. The Hall–Kier alpha value is -2.03. The molecule has 1 fully saturated rings. The van der Waals surface area contributed by atoms with Crippen LogP contribution in [-0.4, -0.2) is 23.9 Å². The van der Waals surface area contributed by atoms with Gasteiger partial charge in [0.05, 0.1) is 22.6 Å². The lowest BCUT2D eigenvalue weighted by molar-refractivity contribution is -0.138. The molecular formula is C15H15F3N2O. The quantitative estimate of drug-likeness (QED) is 0.796. The molecule has 1 aromatic rings. The number of hydrogen-bond acceptors (Lipinski definition) is 2. The van der Waals surface area contributed by atoms with Gasteiger partial charge < -0.3 is 4.90 Å². The molecule has 6 heteroatoms. The maximum atomic E-state index is 12.9. The molecule has 0 spiro atoms. The van der Waals surface area contributed by atoms with Gasteiger partial charge in [-0.05, 0) is 31.9 Å². The van der Waals surface area contributed by atoms with Crippen molar-refractivity contribution in [3.63, 3.8) is 0 Å². The Balaban J connectivity index is 2.22. The van der Waals surface area contributed by atoms with Gasteiger partial charge in [-0.2, -0.15) is 18.4 Å². The van der Waals surface area contributed by atoms with Crippen LogP contribution in [0, 0.1) is 16.7 Å². The van der Waals surface area contributed by atoms with Crippen molar-refractivity contribution in [2.45, 2.75) is 25.9 Å². The molecule has 0 saturated carbocycles. The Kier molecular flexibility index (Phi) is 3.95. The number of benzene rings is 1. The number of piperidine rings is 1. The van der Waals surface area contributed by atoms with Crippen LogP contribution in [0.25, 0.3) is 0 Å². The fourth-order valence-electron chi connectivity index (χ4n) is 2.40. The number of nitrogens with zero attached hydrogens (tertiary/aromatic N) is 2. The average molecular weight is 296 g/mol. The number of rotatable bonds is 1. The van der Waals surface area contributed by atoms with Crippen molar-refractivity contribution in [1.82, 2.24) is 4.90 Å². The Morgan fingerprint density at radius 3 is 2.38 bits per heavy atom. The maximum absolute atomic E-state index is 12.9. The van der Waals surface area contributed by atoms with Crippen molar-refractivity contribution in [2.75, 3.05) is 13.1 Å².